The smallest absolute Gasteiger partial charge is 0.255 e. The van der Waals surface area contributed by atoms with Crippen LogP contribution in [-0.4, -0.2) is 11.8 Å². The van der Waals surface area contributed by atoms with E-state index in [4.69, 9.17) is 46.4 Å². The molecule has 0 radical (unpaired) electrons. The molecule has 2 N–H and O–H groups in total. The SMILES string of the molecule is O=C(Nc1ccc(Cl)c(Cl)c1)c1ccc(C(=O)Nc2ccc(Cl)c(Cl)c2)cc1. The van der Waals surface area contributed by atoms with Crippen LogP contribution in [0.4, 0.5) is 11.4 Å². The first-order chi connectivity index (χ1) is 13.3. The van der Waals surface area contributed by atoms with Crippen LogP contribution in [0, 0.1) is 0 Å². The first-order valence-electron chi connectivity index (χ1n) is 7.96. The molecule has 3 aromatic carbocycles. The predicted octanol–water partition coefficient (Wildman–Crippen LogP) is 6.80. The fraction of sp³-hybridized carbons (Fsp3) is 0. The molecule has 0 spiro atoms. The topological polar surface area (TPSA) is 58.2 Å². The lowest BCUT2D eigenvalue weighted by molar-refractivity contribution is 0.101. The Kier molecular flexibility index (Phi) is 6.47. The number of carbonyl (C=O) groups is 2. The van der Waals surface area contributed by atoms with Crippen LogP contribution >= 0.6 is 46.4 Å². The Morgan fingerprint density at radius 1 is 0.536 bits per heavy atom. The maximum absolute atomic E-state index is 12.3. The number of carbonyl (C=O) groups excluding carboxylic acids is 2. The van der Waals surface area contributed by atoms with Crippen molar-refractivity contribution in [2.45, 2.75) is 0 Å². The largest absolute Gasteiger partial charge is 0.322 e. The molecular weight excluding hydrogens is 442 g/mol. The van der Waals surface area contributed by atoms with E-state index in [0.29, 0.717) is 42.6 Å². The number of rotatable bonds is 4. The Morgan fingerprint density at radius 2 is 0.893 bits per heavy atom. The van der Waals surface area contributed by atoms with Crippen LogP contribution in [0.25, 0.3) is 0 Å². The van der Waals surface area contributed by atoms with Crippen LogP contribution < -0.4 is 10.6 Å². The quantitative estimate of drug-likeness (QED) is 0.456. The van der Waals surface area contributed by atoms with Gasteiger partial charge in [0.25, 0.3) is 11.8 Å². The van der Waals surface area contributed by atoms with Crippen LogP contribution in [0.2, 0.25) is 20.1 Å². The van der Waals surface area contributed by atoms with Gasteiger partial charge in [-0.15, -0.1) is 0 Å². The van der Waals surface area contributed by atoms with Crippen molar-refractivity contribution in [3.05, 3.63) is 91.9 Å². The first kappa shape index (κ1) is 20.5. The van der Waals surface area contributed by atoms with E-state index < -0.39 is 0 Å². The van der Waals surface area contributed by atoms with Crippen LogP contribution in [0.15, 0.2) is 60.7 Å². The average molecular weight is 454 g/mol. The summed E-state index contributed by atoms with van der Waals surface area (Å²) in [6.07, 6.45) is 0. The molecule has 142 valence electrons. The van der Waals surface area contributed by atoms with Gasteiger partial charge in [0, 0.05) is 22.5 Å². The van der Waals surface area contributed by atoms with Gasteiger partial charge < -0.3 is 10.6 Å². The normalized spacial score (nSPS) is 10.4. The van der Waals surface area contributed by atoms with E-state index in [1.807, 2.05) is 0 Å². The first-order valence-corrected chi connectivity index (χ1v) is 9.47. The lowest BCUT2D eigenvalue weighted by Gasteiger charge is -2.08. The third kappa shape index (κ3) is 4.97. The molecular formula is C20H12Cl4N2O2. The molecule has 0 aromatic heterocycles. The Labute approximate surface area is 181 Å². The van der Waals surface area contributed by atoms with Gasteiger partial charge in [-0.1, -0.05) is 46.4 Å². The highest BCUT2D eigenvalue weighted by molar-refractivity contribution is 6.42. The Hall–Kier alpha value is -2.24. The third-order valence-electron chi connectivity index (χ3n) is 3.76. The molecule has 0 aliphatic heterocycles. The minimum absolute atomic E-state index is 0.338. The fourth-order valence-electron chi connectivity index (χ4n) is 2.33. The molecule has 0 heterocycles. The zero-order chi connectivity index (χ0) is 20.3. The summed E-state index contributed by atoms with van der Waals surface area (Å²) < 4.78 is 0. The summed E-state index contributed by atoms with van der Waals surface area (Å²) in [4.78, 5) is 24.7. The minimum atomic E-state index is -0.338. The summed E-state index contributed by atoms with van der Waals surface area (Å²) in [6.45, 7) is 0. The molecule has 0 saturated heterocycles. The van der Waals surface area contributed by atoms with Gasteiger partial charge >= 0.3 is 0 Å². The summed E-state index contributed by atoms with van der Waals surface area (Å²) in [5.41, 5.74) is 1.80. The van der Waals surface area contributed by atoms with Gasteiger partial charge in [-0.2, -0.15) is 0 Å². The molecule has 3 aromatic rings. The van der Waals surface area contributed by atoms with Crippen LogP contribution in [0.1, 0.15) is 20.7 Å². The van der Waals surface area contributed by atoms with Crippen molar-refractivity contribution in [1.82, 2.24) is 0 Å². The van der Waals surface area contributed by atoms with Crippen molar-refractivity contribution >= 4 is 69.6 Å². The average Bonchev–Trinajstić information content (AvgIpc) is 2.67. The van der Waals surface area contributed by atoms with Crippen molar-refractivity contribution in [3.63, 3.8) is 0 Å². The molecule has 0 atom stereocenters. The molecule has 0 unspecified atom stereocenters. The highest BCUT2D eigenvalue weighted by Crippen LogP contribution is 2.26. The summed E-state index contributed by atoms with van der Waals surface area (Å²) in [7, 11) is 0. The molecule has 0 bridgehead atoms. The molecule has 0 aliphatic carbocycles. The zero-order valence-electron chi connectivity index (χ0n) is 14.1. The molecule has 2 amide bonds. The monoisotopic (exact) mass is 452 g/mol. The predicted molar refractivity (Wildman–Crippen MR) is 115 cm³/mol. The molecule has 0 saturated carbocycles. The third-order valence-corrected chi connectivity index (χ3v) is 5.24. The molecule has 0 fully saturated rings. The van der Waals surface area contributed by atoms with E-state index in [1.165, 1.54) is 0 Å². The van der Waals surface area contributed by atoms with E-state index in [2.05, 4.69) is 10.6 Å². The van der Waals surface area contributed by atoms with Crippen molar-refractivity contribution in [2.75, 3.05) is 10.6 Å². The van der Waals surface area contributed by atoms with Gasteiger partial charge in [0.05, 0.1) is 20.1 Å². The van der Waals surface area contributed by atoms with Crippen LogP contribution in [-0.2, 0) is 0 Å². The summed E-state index contributed by atoms with van der Waals surface area (Å²) >= 11 is 23.6. The lowest BCUT2D eigenvalue weighted by atomic mass is 10.1. The van der Waals surface area contributed by atoms with Crippen LogP contribution in [0.5, 0.6) is 0 Å². The van der Waals surface area contributed by atoms with Crippen LogP contribution in [0.3, 0.4) is 0 Å². The van der Waals surface area contributed by atoms with E-state index in [0.717, 1.165) is 0 Å². The van der Waals surface area contributed by atoms with E-state index >= 15 is 0 Å². The maximum Gasteiger partial charge on any atom is 0.255 e. The summed E-state index contributed by atoms with van der Waals surface area (Å²) in [5.74, 6) is -0.676. The van der Waals surface area contributed by atoms with Crippen molar-refractivity contribution < 1.29 is 9.59 Å². The lowest BCUT2D eigenvalue weighted by Crippen LogP contribution is -2.14. The number of amides is 2. The summed E-state index contributed by atoms with van der Waals surface area (Å²) in [5, 5.41) is 6.92. The fourth-order valence-corrected chi connectivity index (χ4v) is 2.92. The second-order valence-electron chi connectivity index (χ2n) is 5.74. The maximum atomic E-state index is 12.3. The van der Waals surface area contributed by atoms with Gasteiger partial charge in [0.1, 0.15) is 0 Å². The Balaban J connectivity index is 1.67. The minimum Gasteiger partial charge on any atom is -0.322 e. The van der Waals surface area contributed by atoms with Crippen molar-refractivity contribution in [2.24, 2.45) is 0 Å². The zero-order valence-corrected chi connectivity index (χ0v) is 17.1. The van der Waals surface area contributed by atoms with Gasteiger partial charge in [-0.05, 0) is 60.7 Å². The standard InChI is InChI=1S/C20H12Cl4N2O2/c21-15-7-5-13(9-17(15)23)25-19(27)11-1-2-12(4-3-11)20(28)26-14-6-8-16(22)18(24)10-14/h1-10H,(H,25,27)(H,26,28). The highest BCUT2D eigenvalue weighted by Gasteiger charge is 2.11. The summed E-state index contributed by atoms with van der Waals surface area (Å²) in [6, 6.07) is 15.8. The van der Waals surface area contributed by atoms with Crippen molar-refractivity contribution in [1.29, 1.82) is 0 Å². The molecule has 4 nitrogen and oxygen atoms in total. The number of halogens is 4. The van der Waals surface area contributed by atoms with E-state index in [-0.39, 0.29) is 11.8 Å². The molecule has 8 heteroatoms. The number of nitrogens with one attached hydrogen (secondary N) is 2. The van der Waals surface area contributed by atoms with Crippen molar-refractivity contribution in [3.8, 4) is 0 Å². The second kappa shape index (κ2) is 8.84. The van der Waals surface area contributed by atoms with E-state index in [9.17, 15) is 9.59 Å². The number of hydrogen-bond acceptors (Lipinski definition) is 2. The molecule has 3 rings (SSSR count). The number of benzene rings is 3. The second-order valence-corrected chi connectivity index (χ2v) is 7.37. The highest BCUT2D eigenvalue weighted by atomic mass is 35.5. The molecule has 28 heavy (non-hydrogen) atoms. The van der Waals surface area contributed by atoms with Gasteiger partial charge in [-0.25, -0.2) is 0 Å². The van der Waals surface area contributed by atoms with Gasteiger partial charge in [-0.3, -0.25) is 9.59 Å². The Bertz CT molecular complexity index is 968. The van der Waals surface area contributed by atoms with Gasteiger partial charge in [0.15, 0.2) is 0 Å². The van der Waals surface area contributed by atoms with Gasteiger partial charge in [0.2, 0.25) is 0 Å². The van der Waals surface area contributed by atoms with E-state index in [1.54, 1.807) is 60.7 Å². The molecule has 0 aliphatic rings. The Morgan fingerprint density at radius 3 is 1.21 bits per heavy atom. The number of anilines is 2. The number of hydrogen-bond donors (Lipinski definition) is 2.